The summed E-state index contributed by atoms with van der Waals surface area (Å²) in [7, 11) is 1.70. The molecular weight excluding hydrogens is 176 g/mol. The summed E-state index contributed by atoms with van der Waals surface area (Å²) in [5.41, 5.74) is 6.65. The van der Waals surface area contributed by atoms with Crippen LogP contribution in [0.3, 0.4) is 0 Å². The molecule has 2 rings (SSSR count). The van der Waals surface area contributed by atoms with Gasteiger partial charge in [0.05, 0.1) is 11.4 Å². The number of anilines is 1. The van der Waals surface area contributed by atoms with E-state index in [1.165, 1.54) is 0 Å². The Balaban J connectivity index is 2.29. The zero-order chi connectivity index (χ0) is 9.97. The van der Waals surface area contributed by atoms with Crippen molar-refractivity contribution in [3.63, 3.8) is 0 Å². The second kappa shape index (κ2) is 3.80. The highest BCUT2D eigenvalue weighted by atomic mass is 16.5. The van der Waals surface area contributed by atoms with Crippen molar-refractivity contribution >= 4 is 11.8 Å². The molecule has 0 saturated heterocycles. The molecule has 0 aliphatic carbocycles. The highest BCUT2D eigenvalue weighted by Gasteiger charge is 2.09. The number of fused-ring (bicyclic) bond motifs is 1. The van der Waals surface area contributed by atoms with E-state index in [1.807, 2.05) is 18.2 Å². The number of rotatable bonds is 3. The summed E-state index contributed by atoms with van der Waals surface area (Å²) in [4.78, 5) is 4.53. The number of ether oxygens (including phenoxy) is 1. The largest absolute Gasteiger partial charge is 0.398 e. The minimum absolute atomic E-state index is 0.231. The molecule has 1 unspecified atom stereocenters. The van der Waals surface area contributed by atoms with E-state index in [4.69, 9.17) is 10.5 Å². The predicted octanol–water partition coefficient (Wildman–Crippen LogP) is 0.0876. The molecule has 0 saturated carbocycles. The van der Waals surface area contributed by atoms with Crippen LogP contribution < -0.4 is 16.3 Å². The summed E-state index contributed by atoms with van der Waals surface area (Å²) in [6, 6.07) is 6.07. The van der Waals surface area contributed by atoms with E-state index in [0.717, 1.165) is 29.3 Å². The molecule has 1 aromatic carbocycles. The van der Waals surface area contributed by atoms with Crippen molar-refractivity contribution in [2.75, 3.05) is 19.5 Å². The Kier molecular flexibility index (Phi) is 2.50. The lowest BCUT2D eigenvalue weighted by molar-refractivity contribution is 0.193. The van der Waals surface area contributed by atoms with E-state index in [9.17, 15) is 0 Å². The zero-order valence-corrected chi connectivity index (χ0v) is 8.23. The summed E-state index contributed by atoms with van der Waals surface area (Å²) in [6.45, 7) is 0.735. The average Bonchev–Trinajstić information content (AvgIpc) is 2.59. The number of nitrogens with two attached hydrogens (primary N) is 1. The SMILES string of the molecule is COCCC1C=c2c(N)cccc2=N1. The van der Waals surface area contributed by atoms with Crippen molar-refractivity contribution in [3.8, 4) is 0 Å². The molecular formula is C11H14N2O. The summed E-state index contributed by atoms with van der Waals surface area (Å²) < 4.78 is 5.02. The summed E-state index contributed by atoms with van der Waals surface area (Å²) in [5, 5.41) is 2.08. The Hall–Kier alpha value is -1.35. The second-order valence-corrected chi connectivity index (χ2v) is 3.42. The minimum atomic E-state index is 0.231. The molecule has 3 heteroatoms. The van der Waals surface area contributed by atoms with Gasteiger partial charge >= 0.3 is 0 Å². The quantitative estimate of drug-likeness (QED) is 0.686. The maximum absolute atomic E-state index is 5.84. The molecule has 0 radical (unpaired) electrons. The van der Waals surface area contributed by atoms with E-state index in [0.29, 0.717) is 0 Å². The van der Waals surface area contributed by atoms with Crippen LogP contribution in [0.4, 0.5) is 5.69 Å². The molecule has 1 heterocycles. The molecule has 1 aliphatic rings. The van der Waals surface area contributed by atoms with Crippen LogP contribution in [0.5, 0.6) is 0 Å². The van der Waals surface area contributed by atoms with Gasteiger partial charge in [-0.15, -0.1) is 0 Å². The molecule has 1 aliphatic heterocycles. The molecule has 3 nitrogen and oxygen atoms in total. The van der Waals surface area contributed by atoms with E-state index < -0.39 is 0 Å². The fourth-order valence-electron chi connectivity index (χ4n) is 1.66. The normalized spacial score (nSPS) is 18.5. The van der Waals surface area contributed by atoms with Crippen LogP contribution >= 0.6 is 0 Å². The third-order valence-corrected chi connectivity index (χ3v) is 2.40. The van der Waals surface area contributed by atoms with E-state index in [2.05, 4.69) is 11.1 Å². The number of hydrogen-bond donors (Lipinski definition) is 1. The maximum atomic E-state index is 5.84. The number of nitrogens with zero attached hydrogens (tertiary/aromatic N) is 1. The number of nitrogen functional groups attached to an aromatic ring is 1. The Morgan fingerprint density at radius 1 is 1.50 bits per heavy atom. The van der Waals surface area contributed by atoms with Gasteiger partial charge in [0, 0.05) is 24.6 Å². The Bertz CT molecular complexity index is 439. The first-order valence-corrected chi connectivity index (χ1v) is 4.74. The third kappa shape index (κ3) is 1.63. The van der Waals surface area contributed by atoms with Gasteiger partial charge in [0.1, 0.15) is 0 Å². The Morgan fingerprint density at radius 3 is 3.07 bits per heavy atom. The molecule has 0 fully saturated rings. The standard InChI is InChI=1S/C11H14N2O/c1-14-6-5-8-7-9-10(12)3-2-4-11(9)13-8/h2-4,7-8H,5-6,12H2,1H3. The fraction of sp³-hybridized carbons (Fsp3) is 0.364. The second-order valence-electron chi connectivity index (χ2n) is 3.42. The van der Waals surface area contributed by atoms with Crippen LogP contribution in [0.15, 0.2) is 23.2 Å². The first-order valence-electron chi connectivity index (χ1n) is 4.74. The number of methoxy groups -OCH3 is 1. The smallest absolute Gasteiger partial charge is 0.0719 e. The predicted molar refractivity (Wildman–Crippen MR) is 56.4 cm³/mol. The minimum Gasteiger partial charge on any atom is -0.398 e. The Morgan fingerprint density at radius 2 is 2.36 bits per heavy atom. The van der Waals surface area contributed by atoms with Crippen LogP contribution in [0.25, 0.3) is 6.08 Å². The molecule has 0 spiro atoms. The number of hydrogen-bond acceptors (Lipinski definition) is 3. The van der Waals surface area contributed by atoms with Gasteiger partial charge in [-0.1, -0.05) is 6.07 Å². The lowest BCUT2D eigenvalue weighted by Gasteiger charge is -2.01. The van der Waals surface area contributed by atoms with E-state index >= 15 is 0 Å². The van der Waals surface area contributed by atoms with Crippen molar-refractivity contribution in [2.45, 2.75) is 12.5 Å². The maximum Gasteiger partial charge on any atom is 0.0719 e. The third-order valence-electron chi connectivity index (χ3n) is 2.40. The zero-order valence-electron chi connectivity index (χ0n) is 8.23. The van der Waals surface area contributed by atoms with Crippen LogP contribution in [-0.2, 0) is 4.74 Å². The average molecular weight is 190 g/mol. The van der Waals surface area contributed by atoms with Crippen molar-refractivity contribution in [1.82, 2.24) is 0 Å². The summed E-state index contributed by atoms with van der Waals surface area (Å²) in [6.07, 6.45) is 3.04. The molecule has 1 atom stereocenters. The molecule has 14 heavy (non-hydrogen) atoms. The lowest BCUT2D eigenvalue weighted by Crippen LogP contribution is -2.24. The van der Waals surface area contributed by atoms with Gasteiger partial charge in [0.25, 0.3) is 0 Å². The van der Waals surface area contributed by atoms with Gasteiger partial charge in [-0.3, -0.25) is 4.99 Å². The fourth-order valence-corrected chi connectivity index (χ4v) is 1.66. The van der Waals surface area contributed by atoms with Crippen LogP contribution in [0, 0.1) is 0 Å². The molecule has 0 bridgehead atoms. The van der Waals surface area contributed by atoms with Crippen LogP contribution in [-0.4, -0.2) is 19.8 Å². The molecule has 0 aromatic heterocycles. The lowest BCUT2D eigenvalue weighted by atomic mass is 10.2. The van der Waals surface area contributed by atoms with Crippen molar-refractivity contribution < 1.29 is 4.74 Å². The molecule has 74 valence electrons. The van der Waals surface area contributed by atoms with Gasteiger partial charge in [0.15, 0.2) is 0 Å². The van der Waals surface area contributed by atoms with Gasteiger partial charge in [-0.25, -0.2) is 0 Å². The first kappa shape index (κ1) is 9.21. The van der Waals surface area contributed by atoms with Crippen molar-refractivity contribution in [2.24, 2.45) is 4.99 Å². The monoisotopic (exact) mass is 190 g/mol. The molecule has 0 amide bonds. The van der Waals surface area contributed by atoms with E-state index in [-0.39, 0.29) is 6.04 Å². The van der Waals surface area contributed by atoms with Crippen LogP contribution in [0.1, 0.15) is 6.42 Å². The number of benzene rings is 1. The van der Waals surface area contributed by atoms with Gasteiger partial charge in [-0.2, -0.15) is 0 Å². The van der Waals surface area contributed by atoms with Gasteiger partial charge in [0.2, 0.25) is 0 Å². The summed E-state index contributed by atoms with van der Waals surface area (Å²) in [5.74, 6) is 0. The topological polar surface area (TPSA) is 47.6 Å². The van der Waals surface area contributed by atoms with E-state index in [1.54, 1.807) is 7.11 Å². The molecule has 2 N–H and O–H groups in total. The van der Waals surface area contributed by atoms with Crippen molar-refractivity contribution in [3.05, 3.63) is 28.8 Å². The van der Waals surface area contributed by atoms with Crippen molar-refractivity contribution in [1.29, 1.82) is 0 Å². The highest BCUT2D eigenvalue weighted by Crippen LogP contribution is 2.03. The summed E-state index contributed by atoms with van der Waals surface area (Å²) >= 11 is 0. The van der Waals surface area contributed by atoms with Gasteiger partial charge in [-0.05, 0) is 24.6 Å². The Labute approximate surface area is 82.9 Å². The molecule has 1 aromatic rings. The van der Waals surface area contributed by atoms with Gasteiger partial charge < -0.3 is 10.5 Å². The van der Waals surface area contributed by atoms with Crippen LogP contribution in [0.2, 0.25) is 0 Å². The highest BCUT2D eigenvalue weighted by molar-refractivity contribution is 5.48. The first-order chi connectivity index (χ1) is 6.81.